The molecule has 4 heteroatoms. The van der Waals surface area contributed by atoms with Gasteiger partial charge >= 0.3 is 5.97 Å². The van der Waals surface area contributed by atoms with Gasteiger partial charge < -0.3 is 9.84 Å². The molecule has 102 valence electrons. The van der Waals surface area contributed by atoms with Crippen LogP contribution in [0.2, 0.25) is 5.02 Å². The molecule has 3 nitrogen and oxygen atoms in total. The average Bonchev–Trinajstić information content (AvgIpc) is 2.40. The van der Waals surface area contributed by atoms with Crippen molar-refractivity contribution in [2.75, 3.05) is 13.2 Å². The Morgan fingerprint density at radius 2 is 2.11 bits per heavy atom. The molecule has 1 aliphatic carbocycles. The highest BCUT2D eigenvalue weighted by Gasteiger charge is 2.48. The van der Waals surface area contributed by atoms with Crippen molar-refractivity contribution in [2.45, 2.75) is 31.1 Å². The molecule has 0 saturated carbocycles. The van der Waals surface area contributed by atoms with Crippen LogP contribution in [0.3, 0.4) is 0 Å². The SMILES string of the molecule is O=C(O)C1CCc2ccc(Cl)cc2C12CCOCC2. The molecule has 1 fully saturated rings. The van der Waals surface area contributed by atoms with Crippen LogP contribution in [0.15, 0.2) is 18.2 Å². The summed E-state index contributed by atoms with van der Waals surface area (Å²) in [6.45, 7) is 1.27. The maximum atomic E-state index is 11.6. The molecule has 2 aliphatic rings. The molecule has 1 unspecified atom stereocenters. The zero-order chi connectivity index (χ0) is 13.5. The van der Waals surface area contributed by atoms with E-state index in [4.69, 9.17) is 16.3 Å². The summed E-state index contributed by atoms with van der Waals surface area (Å²) in [6.07, 6.45) is 3.09. The highest BCUT2D eigenvalue weighted by atomic mass is 35.5. The number of carbonyl (C=O) groups is 1. The molecule has 1 aromatic rings. The van der Waals surface area contributed by atoms with Gasteiger partial charge in [0.15, 0.2) is 0 Å². The number of benzene rings is 1. The van der Waals surface area contributed by atoms with Crippen molar-refractivity contribution in [3.05, 3.63) is 34.3 Å². The van der Waals surface area contributed by atoms with Crippen LogP contribution in [0.5, 0.6) is 0 Å². The normalized spacial score (nSPS) is 25.0. The van der Waals surface area contributed by atoms with E-state index in [1.807, 2.05) is 18.2 Å². The zero-order valence-electron chi connectivity index (χ0n) is 10.7. The number of hydrogen-bond donors (Lipinski definition) is 1. The average molecular weight is 281 g/mol. The smallest absolute Gasteiger partial charge is 0.307 e. The van der Waals surface area contributed by atoms with Crippen molar-refractivity contribution in [1.29, 1.82) is 0 Å². The Morgan fingerprint density at radius 3 is 2.79 bits per heavy atom. The summed E-state index contributed by atoms with van der Waals surface area (Å²) in [6, 6.07) is 5.92. The van der Waals surface area contributed by atoms with Gasteiger partial charge in [-0.15, -0.1) is 0 Å². The van der Waals surface area contributed by atoms with Crippen LogP contribution in [0.25, 0.3) is 0 Å². The topological polar surface area (TPSA) is 46.5 Å². The number of hydrogen-bond acceptors (Lipinski definition) is 2. The van der Waals surface area contributed by atoms with E-state index in [2.05, 4.69) is 0 Å². The Labute approximate surface area is 117 Å². The van der Waals surface area contributed by atoms with Gasteiger partial charge in [0.05, 0.1) is 5.92 Å². The third-order valence-corrected chi connectivity index (χ3v) is 4.90. The summed E-state index contributed by atoms with van der Waals surface area (Å²) in [4.78, 5) is 11.6. The number of aryl methyl sites for hydroxylation is 1. The molecular formula is C15H17ClO3. The molecule has 0 bridgehead atoms. The van der Waals surface area contributed by atoms with Gasteiger partial charge in [0.25, 0.3) is 0 Å². The van der Waals surface area contributed by atoms with E-state index in [-0.39, 0.29) is 11.3 Å². The number of rotatable bonds is 1. The fourth-order valence-electron chi connectivity index (χ4n) is 3.71. The molecule has 1 saturated heterocycles. The molecule has 1 aromatic carbocycles. The zero-order valence-corrected chi connectivity index (χ0v) is 11.4. The summed E-state index contributed by atoms with van der Waals surface area (Å²) in [7, 11) is 0. The standard InChI is InChI=1S/C15H17ClO3/c16-11-3-1-10-2-4-12(14(17)18)15(13(10)9-11)5-7-19-8-6-15/h1,3,9,12H,2,4-8H2,(H,17,18). The van der Waals surface area contributed by atoms with E-state index in [9.17, 15) is 9.90 Å². The Balaban J connectivity index is 2.13. The van der Waals surface area contributed by atoms with Crippen molar-refractivity contribution < 1.29 is 14.6 Å². The van der Waals surface area contributed by atoms with Gasteiger partial charge in [-0.1, -0.05) is 17.7 Å². The third-order valence-electron chi connectivity index (χ3n) is 4.66. The first-order valence-electron chi connectivity index (χ1n) is 6.73. The van der Waals surface area contributed by atoms with Crippen LogP contribution < -0.4 is 0 Å². The highest BCUT2D eigenvalue weighted by Crippen LogP contribution is 2.48. The van der Waals surface area contributed by atoms with Crippen LogP contribution in [0, 0.1) is 5.92 Å². The lowest BCUT2D eigenvalue weighted by molar-refractivity contribution is -0.147. The number of carboxylic acids is 1. The Bertz CT molecular complexity index is 506. The second-order valence-electron chi connectivity index (χ2n) is 5.50. The summed E-state index contributed by atoms with van der Waals surface area (Å²) in [5, 5.41) is 10.3. The first-order chi connectivity index (χ1) is 9.13. The summed E-state index contributed by atoms with van der Waals surface area (Å²) in [5.41, 5.74) is 2.11. The summed E-state index contributed by atoms with van der Waals surface area (Å²) >= 11 is 6.13. The number of fused-ring (bicyclic) bond motifs is 2. The summed E-state index contributed by atoms with van der Waals surface area (Å²) < 4.78 is 5.44. The van der Waals surface area contributed by atoms with Crippen LogP contribution in [-0.4, -0.2) is 24.3 Å². The number of halogens is 1. The molecule has 0 aromatic heterocycles. The third kappa shape index (κ3) is 2.05. The minimum Gasteiger partial charge on any atom is -0.481 e. The Morgan fingerprint density at radius 1 is 1.37 bits per heavy atom. The largest absolute Gasteiger partial charge is 0.481 e. The van der Waals surface area contributed by atoms with E-state index in [1.165, 1.54) is 5.56 Å². The first-order valence-corrected chi connectivity index (χ1v) is 7.11. The molecule has 0 amide bonds. The Hall–Kier alpha value is -1.06. The maximum absolute atomic E-state index is 11.6. The lowest BCUT2D eigenvalue weighted by atomic mass is 9.59. The van der Waals surface area contributed by atoms with Crippen LogP contribution in [0.1, 0.15) is 30.4 Å². The number of ether oxygens (including phenoxy) is 1. The van der Waals surface area contributed by atoms with Crippen LogP contribution >= 0.6 is 11.6 Å². The van der Waals surface area contributed by atoms with Gasteiger partial charge in [0, 0.05) is 23.7 Å². The molecule has 19 heavy (non-hydrogen) atoms. The van der Waals surface area contributed by atoms with Gasteiger partial charge in [-0.2, -0.15) is 0 Å². The highest BCUT2D eigenvalue weighted by molar-refractivity contribution is 6.30. The van der Waals surface area contributed by atoms with E-state index in [0.29, 0.717) is 24.7 Å². The first kappa shape index (κ1) is 12.9. The van der Waals surface area contributed by atoms with Crippen LogP contribution in [-0.2, 0) is 21.4 Å². The fourth-order valence-corrected chi connectivity index (χ4v) is 3.88. The predicted molar refractivity (Wildman–Crippen MR) is 72.6 cm³/mol. The van der Waals surface area contributed by atoms with E-state index in [1.54, 1.807) is 0 Å². The predicted octanol–water partition coefficient (Wildman–Crippen LogP) is 3.04. The van der Waals surface area contributed by atoms with E-state index in [0.717, 1.165) is 24.8 Å². The quantitative estimate of drug-likeness (QED) is 0.860. The number of aliphatic carboxylic acids is 1. The Kier molecular flexibility index (Phi) is 3.27. The minimum atomic E-state index is -0.687. The van der Waals surface area contributed by atoms with Gasteiger partial charge in [0.2, 0.25) is 0 Å². The second kappa shape index (κ2) is 4.80. The van der Waals surface area contributed by atoms with Crippen molar-refractivity contribution >= 4 is 17.6 Å². The van der Waals surface area contributed by atoms with Gasteiger partial charge in [-0.25, -0.2) is 0 Å². The lowest BCUT2D eigenvalue weighted by Gasteiger charge is -2.46. The van der Waals surface area contributed by atoms with Gasteiger partial charge in [-0.05, 0) is 48.9 Å². The second-order valence-corrected chi connectivity index (χ2v) is 5.94. The van der Waals surface area contributed by atoms with E-state index < -0.39 is 5.97 Å². The molecule has 1 N–H and O–H groups in total. The monoisotopic (exact) mass is 280 g/mol. The molecule has 1 aliphatic heterocycles. The van der Waals surface area contributed by atoms with Crippen molar-refractivity contribution in [2.24, 2.45) is 5.92 Å². The van der Waals surface area contributed by atoms with Crippen molar-refractivity contribution in [1.82, 2.24) is 0 Å². The van der Waals surface area contributed by atoms with Crippen LogP contribution in [0.4, 0.5) is 0 Å². The van der Waals surface area contributed by atoms with Crippen molar-refractivity contribution in [3.8, 4) is 0 Å². The fraction of sp³-hybridized carbons (Fsp3) is 0.533. The summed E-state index contributed by atoms with van der Waals surface area (Å²) in [5.74, 6) is -1.00. The van der Waals surface area contributed by atoms with Gasteiger partial charge in [-0.3, -0.25) is 4.79 Å². The molecule has 1 heterocycles. The number of carboxylic acid groups (broad SMARTS) is 1. The lowest BCUT2D eigenvalue weighted by Crippen LogP contribution is -2.47. The molecule has 3 rings (SSSR count). The van der Waals surface area contributed by atoms with Crippen molar-refractivity contribution in [3.63, 3.8) is 0 Å². The molecule has 1 spiro atoms. The van der Waals surface area contributed by atoms with E-state index >= 15 is 0 Å². The molecule has 1 atom stereocenters. The maximum Gasteiger partial charge on any atom is 0.307 e. The molecule has 0 radical (unpaired) electrons. The van der Waals surface area contributed by atoms with Gasteiger partial charge in [0.1, 0.15) is 0 Å². The minimum absolute atomic E-state index is 0.289. The molecular weight excluding hydrogens is 264 g/mol.